The first-order valence-electron chi connectivity index (χ1n) is 9.95. The number of benzene rings is 1. The van der Waals surface area contributed by atoms with Gasteiger partial charge < -0.3 is 14.2 Å². The predicted octanol–water partition coefficient (Wildman–Crippen LogP) is 2.74. The minimum atomic E-state index is -3.11. The number of esters is 1. The summed E-state index contributed by atoms with van der Waals surface area (Å²) in [7, 11) is -3.11. The third kappa shape index (κ3) is 5.02. The quantitative estimate of drug-likeness (QED) is 0.255. The summed E-state index contributed by atoms with van der Waals surface area (Å²) >= 11 is 6.40. The maximum Gasteiger partial charge on any atom is 0.331 e. The number of aryl methyl sites for hydroxylation is 1. The van der Waals surface area contributed by atoms with Gasteiger partial charge in [0.25, 0.3) is 5.69 Å². The number of non-ortho nitro benzene ring substituents is 1. The molecule has 4 rings (SSSR count). The summed E-state index contributed by atoms with van der Waals surface area (Å²) in [4.78, 5) is 22.9. The maximum absolute atomic E-state index is 12.3. The fourth-order valence-corrected chi connectivity index (χ4v) is 5.84. The lowest BCUT2D eigenvalue weighted by Crippen LogP contribution is -2.14. The Balaban J connectivity index is 1.47. The summed E-state index contributed by atoms with van der Waals surface area (Å²) < 4.78 is 40.8. The number of nitro benzene ring substituents is 1. The van der Waals surface area contributed by atoms with Crippen LogP contribution in [0.4, 0.5) is 5.69 Å². The molecule has 0 N–H and O–H groups in total. The van der Waals surface area contributed by atoms with E-state index >= 15 is 0 Å². The number of carbonyl (C=O) groups excluding carboxylic acids is 1. The lowest BCUT2D eigenvalue weighted by Gasteiger charge is -2.20. The van der Waals surface area contributed by atoms with Crippen molar-refractivity contribution >= 4 is 39.2 Å². The van der Waals surface area contributed by atoms with Crippen LogP contribution in [0, 0.1) is 17.0 Å². The Kier molecular flexibility index (Phi) is 6.41. The van der Waals surface area contributed by atoms with Gasteiger partial charge in [-0.15, -0.1) is 0 Å². The second kappa shape index (κ2) is 9.12. The SMILES string of the molecule is Cc1nn(C2CCS(=O)(=O)C2)c(Cl)c1/C=C/C(=O)OCc1cc([N+](=O)[O-])cc2c1OCOC2. The van der Waals surface area contributed by atoms with Crippen molar-refractivity contribution in [3.63, 3.8) is 0 Å². The minimum Gasteiger partial charge on any atom is -0.467 e. The zero-order valence-corrected chi connectivity index (χ0v) is 19.1. The molecule has 11 nitrogen and oxygen atoms in total. The standard InChI is InChI=1S/C20H20ClN3O8S/c1-12-17(20(21)23(22-12)15-4-5-33(28,29)10-15)2-3-18(25)31-9-14-7-16(24(26)27)6-13-8-30-11-32-19(13)14/h2-3,6-7,15H,4-5,8-11H2,1H3/b3-2+. The summed E-state index contributed by atoms with van der Waals surface area (Å²) in [6.45, 7) is 1.61. The van der Waals surface area contributed by atoms with Gasteiger partial charge in [0, 0.05) is 34.9 Å². The number of sulfone groups is 1. The number of nitrogens with zero attached hydrogens (tertiary/aromatic N) is 3. The molecule has 0 aliphatic carbocycles. The molecule has 2 aliphatic heterocycles. The van der Waals surface area contributed by atoms with E-state index in [0.717, 1.165) is 0 Å². The molecule has 1 atom stereocenters. The number of nitro groups is 1. The van der Waals surface area contributed by atoms with Crippen LogP contribution in [0.3, 0.4) is 0 Å². The van der Waals surface area contributed by atoms with Gasteiger partial charge >= 0.3 is 5.97 Å². The molecule has 0 spiro atoms. The summed E-state index contributed by atoms with van der Waals surface area (Å²) in [6.07, 6.45) is 3.04. The van der Waals surface area contributed by atoms with Gasteiger partial charge in [-0.3, -0.25) is 10.1 Å². The van der Waals surface area contributed by atoms with Gasteiger partial charge in [-0.2, -0.15) is 5.10 Å². The molecule has 1 fully saturated rings. The third-order valence-corrected chi connectivity index (χ3v) is 7.49. The molecule has 3 heterocycles. The molecule has 0 bridgehead atoms. The molecule has 176 valence electrons. The van der Waals surface area contributed by atoms with Crippen molar-refractivity contribution in [1.29, 1.82) is 0 Å². The zero-order chi connectivity index (χ0) is 23.8. The first-order valence-corrected chi connectivity index (χ1v) is 12.1. The van der Waals surface area contributed by atoms with Crippen molar-refractivity contribution in [2.45, 2.75) is 32.6 Å². The van der Waals surface area contributed by atoms with Crippen molar-refractivity contribution in [3.8, 4) is 5.75 Å². The highest BCUT2D eigenvalue weighted by molar-refractivity contribution is 7.91. The summed E-state index contributed by atoms with van der Waals surface area (Å²) in [5, 5.41) is 15.7. The third-order valence-electron chi connectivity index (χ3n) is 5.36. The van der Waals surface area contributed by atoms with Crippen LogP contribution in [0.15, 0.2) is 18.2 Å². The lowest BCUT2D eigenvalue weighted by atomic mass is 10.1. The molecule has 0 amide bonds. The van der Waals surface area contributed by atoms with Gasteiger partial charge in [-0.05, 0) is 19.4 Å². The summed E-state index contributed by atoms with van der Waals surface area (Å²) in [5.74, 6) is -0.245. The number of aromatic nitrogens is 2. The Hall–Kier alpha value is -2.96. The topological polar surface area (TPSA) is 140 Å². The van der Waals surface area contributed by atoms with E-state index in [2.05, 4.69) is 5.10 Å². The first kappa shape index (κ1) is 23.2. The average Bonchev–Trinajstić information content (AvgIpc) is 3.27. The van der Waals surface area contributed by atoms with Crippen LogP contribution in [0.2, 0.25) is 5.15 Å². The van der Waals surface area contributed by atoms with E-state index < -0.39 is 20.7 Å². The molecule has 2 aliphatic rings. The molecule has 13 heteroatoms. The number of ether oxygens (including phenoxy) is 3. The number of rotatable bonds is 6. The molecular weight excluding hydrogens is 478 g/mol. The number of hydrogen-bond acceptors (Lipinski definition) is 9. The van der Waals surface area contributed by atoms with Crippen LogP contribution in [0.1, 0.15) is 34.8 Å². The number of fused-ring (bicyclic) bond motifs is 1. The van der Waals surface area contributed by atoms with Gasteiger partial charge in [-0.25, -0.2) is 17.9 Å². The Morgan fingerprint density at radius 3 is 2.94 bits per heavy atom. The molecule has 1 unspecified atom stereocenters. The molecule has 1 saturated heterocycles. The van der Waals surface area contributed by atoms with Gasteiger partial charge in [0.1, 0.15) is 17.5 Å². The van der Waals surface area contributed by atoms with Crippen molar-refractivity contribution in [3.05, 3.63) is 55.9 Å². The highest BCUT2D eigenvalue weighted by Crippen LogP contribution is 2.33. The van der Waals surface area contributed by atoms with Gasteiger partial charge in [0.15, 0.2) is 16.6 Å². The van der Waals surface area contributed by atoms with Crippen molar-refractivity contribution < 1.29 is 32.3 Å². The minimum absolute atomic E-state index is 0.00425. The molecule has 33 heavy (non-hydrogen) atoms. The summed E-state index contributed by atoms with van der Waals surface area (Å²) in [5.41, 5.74) is 1.71. The fraction of sp³-hybridized carbons (Fsp3) is 0.400. The lowest BCUT2D eigenvalue weighted by molar-refractivity contribution is -0.385. The number of carbonyl (C=O) groups is 1. The van der Waals surface area contributed by atoms with Crippen LogP contribution in [0.25, 0.3) is 6.08 Å². The van der Waals surface area contributed by atoms with Gasteiger partial charge in [0.05, 0.1) is 34.8 Å². The molecule has 0 saturated carbocycles. The van der Waals surface area contributed by atoms with Crippen LogP contribution in [-0.4, -0.2) is 47.4 Å². The van der Waals surface area contributed by atoms with Crippen molar-refractivity contribution in [1.82, 2.24) is 9.78 Å². The largest absolute Gasteiger partial charge is 0.467 e. The number of hydrogen-bond donors (Lipinski definition) is 0. The predicted molar refractivity (Wildman–Crippen MR) is 116 cm³/mol. The molecule has 2 aromatic rings. The number of halogens is 1. The second-order valence-corrected chi connectivity index (χ2v) is 10.3. The van der Waals surface area contributed by atoms with Crippen LogP contribution in [0.5, 0.6) is 5.75 Å². The smallest absolute Gasteiger partial charge is 0.331 e. The summed E-state index contributed by atoms with van der Waals surface area (Å²) in [6, 6.07) is 2.30. The van der Waals surface area contributed by atoms with E-state index in [0.29, 0.717) is 34.6 Å². The monoisotopic (exact) mass is 497 g/mol. The van der Waals surface area contributed by atoms with Crippen molar-refractivity contribution in [2.75, 3.05) is 18.3 Å². The van der Waals surface area contributed by atoms with Crippen LogP contribution < -0.4 is 4.74 Å². The van der Waals surface area contributed by atoms with Gasteiger partial charge in [0.2, 0.25) is 0 Å². The second-order valence-electron chi connectivity index (χ2n) is 7.69. The van der Waals surface area contributed by atoms with E-state index in [1.165, 1.54) is 29.0 Å². The van der Waals surface area contributed by atoms with E-state index in [1.807, 2.05) is 0 Å². The highest BCUT2D eigenvalue weighted by Gasteiger charge is 2.31. The highest BCUT2D eigenvalue weighted by atomic mass is 35.5. The molecular formula is C20H20ClN3O8S. The first-order chi connectivity index (χ1) is 15.6. The Labute approximate surface area is 193 Å². The average molecular weight is 498 g/mol. The Morgan fingerprint density at radius 1 is 1.45 bits per heavy atom. The maximum atomic E-state index is 12.3. The molecule has 0 radical (unpaired) electrons. The molecule has 1 aromatic carbocycles. The van der Waals surface area contributed by atoms with E-state index in [1.54, 1.807) is 6.92 Å². The Morgan fingerprint density at radius 2 is 2.24 bits per heavy atom. The van der Waals surface area contributed by atoms with Crippen LogP contribution in [-0.2, 0) is 37.3 Å². The van der Waals surface area contributed by atoms with Gasteiger partial charge in [-0.1, -0.05) is 11.6 Å². The zero-order valence-electron chi connectivity index (χ0n) is 17.5. The molecule has 1 aromatic heterocycles. The normalized spacial score (nSPS) is 19.3. The van der Waals surface area contributed by atoms with E-state index in [9.17, 15) is 23.3 Å². The van der Waals surface area contributed by atoms with E-state index in [4.69, 9.17) is 25.8 Å². The fourth-order valence-electron chi connectivity index (χ4n) is 3.77. The van der Waals surface area contributed by atoms with Crippen LogP contribution >= 0.6 is 11.6 Å². The Bertz CT molecular complexity index is 1250. The van der Waals surface area contributed by atoms with E-state index in [-0.39, 0.29) is 48.4 Å². The van der Waals surface area contributed by atoms with Crippen molar-refractivity contribution in [2.24, 2.45) is 0 Å².